The van der Waals surface area contributed by atoms with Crippen molar-refractivity contribution in [3.63, 3.8) is 0 Å². The Morgan fingerprint density at radius 2 is 2.15 bits per heavy atom. The third-order valence-electron chi connectivity index (χ3n) is 4.64. The van der Waals surface area contributed by atoms with Gasteiger partial charge in [0.2, 0.25) is 0 Å². The van der Waals surface area contributed by atoms with Gasteiger partial charge in [0.25, 0.3) is 11.5 Å². The number of anilines is 1. The molecule has 3 rings (SSSR count). The van der Waals surface area contributed by atoms with Crippen LogP contribution in [0.1, 0.15) is 35.7 Å². The van der Waals surface area contributed by atoms with Gasteiger partial charge in [-0.25, -0.2) is 4.98 Å². The number of carbonyl (C=O) groups is 1. The Morgan fingerprint density at radius 1 is 1.38 bits per heavy atom. The fraction of sp³-hybridized carbons (Fsp3) is 0.368. The zero-order valence-electron chi connectivity index (χ0n) is 14.7. The summed E-state index contributed by atoms with van der Waals surface area (Å²) in [5.41, 5.74) is 0.777. The van der Waals surface area contributed by atoms with Crippen LogP contribution in [0.15, 0.2) is 41.5 Å². The number of piperidine rings is 1. The summed E-state index contributed by atoms with van der Waals surface area (Å²) in [6.07, 6.45) is 4.85. The van der Waals surface area contributed by atoms with Crippen LogP contribution in [-0.2, 0) is 6.54 Å². The van der Waals surface area contributed by atoms with Crippen LogP contribution in [-0.4, -0.2) is 34.6 Å². The Kier molecular flexibility index (Phi) is 5.32. The molecule has 0 unspecified atom stereocenters. The molecule has 0 saturated carbocycles. The SMILES string of the molecule is CCn1ccc(C(=O)NC2CCN(c3ncccc3C#N)CC2)cc1=O. The number of hydrogen-bond donors (Lipinski definition) is 1. The molecule has 26 heavy (non-hydrogen) atoms. The highest BCUT2D eigenvalue weighted by molar-refractivity contribution is 5.94. The van der Waals surface area contributed by atoms with E-state index in [0.29, 0.717) is 36.6 Å². The minimum Gasteiger partial charge on any atom is -0.355 e. The third kappa shape index (κ3) is 3.75. The van der Waals surface area contributed by atoms with E-state index < -0.39 is 0 Å². The van der Waals surface area contributed by atoms with Gasteiger partial charge in [-0.3, -0.25) is 9.59 Å². The molecule has 0 radical (unpaired) electrons. The van der Waals surface area contributed by atoms with Crippen molar-refractivity contribution >= 4 is 11.7 Å². The summed E-state index contributed by atoms with van der Waals surface area (Å²) < 4.78 is 1.55. The van der Waals surface area contributed by atoms with E-state index in [0.717, 1.165) is 12.8 Å². The van der Waals surface area contributed by atoms with Gasteiger partial charge < -0.3 is 14.8 Å². The van der Waals surface area contributed by atoms with E-state index >= 15 is 0 Å². The first-order valence-corrected chi connectivity index (χ1v) is 8.73. The lowest BCUT2D eigenvalue weighted by Gasteiger charge is -2.33. The molecule has 3 heterocycles. The highest BCUT2D eigenvalue weighted by atomic mass is 16.2. The molecule has 0 bridgehead atoms. The molecule has 2 aromatic rings. The number of carbonyl (C=O) groups excluding carboxylic acids is 1. The van der Waals surface area contributed by atoms with Crippen LogP contribution in [0.4, 0.5) is 5.82 Å². The lowest BCUT2D eigenvalue weighted by Crippen LogP contribution is -2.45. The van der Waals surface area contributed by atoms with Crippen molar-refractivity contribution in [2.75, 3.05) is 18.0 Å². The van der Waals surface area contributed by atoms with Crippen molar-refractivity contribution in [1.82, 2.24) is 14.9 Å². The molecule has 7 heteroatoms. The van der Waals surface area contributed by atoms with Crippen LogP contribution in [0, 0.1) is 11.3 Å². The molecule has 1 aliphatic rings. The van der Waals surface area contributed by atoms with Crippen molar-refractivity contribution in [2.24, 2.45) is 0 Å². The number of aryl methyl sites for hydroxylation is 1. The number of nitriles is 1. The highest BCUT2D eigenvalue weighted by Gasteiger charge is 2.23. The predicted molar refractivity (Wildman–Crippen MR) is 98.0 cm³/mol. The zero-order chi connectivity index (χ0) is 18.5. The van der Waals surface area contributed by atoms with Gasteiger partial charge in [-0.2, -0.15) is 5.26 Å². The van der Waals surface area contributed by atoms with Crippen molar-refractivity contribution in [3.8, 4) is 6.07 Å². The van der Waals surface area contributed by atoms with Crippen molar-refractivity contribution < 1.29 is 4.79 Å². The molecular weight excluding hydrogens is 330 g/mol. The molecule has 0 spiro atoms. The molecule has 7 nitrogen and oxygen atoms in total. The van der Waals surface area contributed by atoms with E-state index in [4.69, 9.17) is 0 Å². The second-order valence-electron chi connectivity index (χ2n) is 6.26. The van der Waals surface area contributed by atoms with E-state index in [1.165, 1.54) is 6.07 Å². The van der Waals surface area contributed by atoms with E-state index in [9.17, 15) is 14.9 Å². The second kappa shape index (κ2) is 7.83. The van der Waals surface area contributed by atoms with Gasteiger partial charge in [0, 0.05) is 49.7 Å². The third-order valence-corrected chi connectivity index (χ3v) is 4.64. The first-order valence-electron chi connectivity index (χ1n) is 8.73. The second-order valence-corrected chi connectivity index (χ2v) is 6.26. The van der Waals surface area contributed by atoms with Crippen molar-refractivity contribution in [3.05, 3.63) is 58.1 Å². The lowest BCUT2D eigenvalue weighted by molar-refractivity contribution is 0.0930. The first-order chi connectivity index (χ1) is 12.6. The molecule has 1 N–H and O–H groups in total. The average Bonchev–Trinajstić information content (AvgIpc) is 2.68. The zero-order valence-corrected chi connectivity index (χ0v) is 14.7. The monoisotopic (exact) mass is 351 g/mol. The lowest BCUT2D eigenvalue weighted by atomic mass is 10.0. The Labute approximate surface area is 151 Å². The van der Waals surface area contributed by atoms with Crippen LogP contribution in [0.5, 0.6) is 0 Å². The Morgan fingerprint density at radius 3 is 2.81 bits per heavy atom. The minimum atomic E-state index is -0.223. The maximum atomic E-state index is 12.4. The van der Waals surface area contributed by atoms with Gasteiger partial charge in [-0.1, -0.05) is 0 Å². The fourth-order valence-corrected chi connectivity index (χ4v) is 3.15. The van der Waals surface area contributed by atoms with Gasteiger partial charge in [0.15, 0.2) is 0 Å². The number of aromatic nitrogens is 2. The van der Waals surface area contributed by atoms with Gasteiger partial charge in [0.05, 0.1) is 5.56 Å². The summed E-state index contributed by atoms with van der Waals surface area (Å²) in [5, 5.41) is 12.2. The molecule has 2 aromatic heterocycles. The quantitative estimate of drug-likeness (QED) is 0.902. The van der Waals surface area contributed by atoms with E-state index in [1.807, 2.05) is 6.92 Å². The minimum absolute atomic E-state index is 0.0432. The molecule has 1 saturated heterocycles. The first kappa shape index (κ1) is 17.7. The maximum Gasteiger partial charge on any atom is 0.251 e. The Balaban J connectivity index is 1.60. The average molecular weight is 351 g/mol. The van der Waals surface area contributed by atoms with Crippen molar-refractivity contribution in [1.29, 1.82) is 5.26 Å². The summed E-state index contributed by atoms with van der Waals surface area (Å²) in [6, 6.07) is 8.77. The van der Waals surface area contributed by atoms with Crippen LogP contribution in [0.3, 0.4) is 0 Å². The maximum absolute atomic E-state index is 12.4. The van der Waals surface area contributed by atoms with E-state index in [1.54, 1.807) is 35.2 Å². The largest absolute Gasteiger partial charge is 0.355 e. The van der Waals surface area contributed by atoms with Crippen molar-refractivity contribution in [2.45, 2.75) is 32.4 Å². The van der Waals surface area contributed by atoms with Crippen LogP contribution < -0.4 is 15.8 Å². The standard InChI is InChI=1S/C19H21N5O2/c1-2-23-9-5-14(12-17(23)25)19(26)22-16-6-10-24(11-7-16)18-15(13-20)4-3-8-21-18/h3-5,8-9,12,16H,2,6-7,10-11H2,1H3,(H,22,26). The summed E-state index contributed by atoms with van der Waals surface area (Å²) in [4.78, 5) is 30.6. The topological polar surface area (TPSA) is 91.0 Å². The Hall–Kier alpha value is -3.14. The summed E-state index contributed by atoms with van der Waals surface area (Å²) in [7, 11) is 0. The molecule has 1 aliphatic heterocycles. The van der Waals surface area contributed by atoms with Crippen LogP contribution in [0.2, 0.25) is 0 Å². The normalized spacial score (nSPS) is 14.7. The van der Waals surface area contributed by atoms with E-state index in [2.05, 4.69) is 21.3 Å². The molecular formula is C19H21N5O2. The van der Waals surface area contributed by atoms with E-state index in [-0.39, 0.29) is 17.5 Å². The molecule has 134 valence electrons. The van der Waals surface area contributed by atoms with Crippen LogP contribution in [0.25, 0.3) is 0 Å². The number of pyridine rings is 2. The molecule has 1 fully saturated rings. The smallest absolute Gasteiger partial charge is 0.251 e. The number of hydrogen-bond acceptors (Lipinski definition) is 5. The number of nitrogens with one attached hydrogen (secondary N) is 1. The summed E-state index contributed by atoms with van der Waals surface area (Å²) >= 11 is 0. The molecule has 0 atom stereocenters. The highest BCUT2D eigenvalue weighted by Crippen LogP contribution is 2.21. The van der Waals surface area contributed by atoms with Gasteiger partial charge in [0.1, 0.15) is 11.9 Å². The number of nitrogens with zero attached hydrogens (tertiary/aromatic N) is 4. The molecule has 1 amide bonds. The summed E-state index contributed by atoms with van der Waals surface area (Å²) in [5.74, 6) is 0.474. The van der Waals surface area contributed by atoms with Gasteiger partial charge in [-0.05, 0) is 38.0 Å². The Bertz CT molecular complexity index is 891. The fourth-order valence-electron chi connectivity index (χ4n) is 3.15. The molecule has 0 aliphatic carbocycles. The number of amides is 1. The van der Waals surface area contributed by atoms with Gasteiger partial charge in [-0.15, -0.1) is 0 Å². The number of rotatable bonds is 4. The van der Waals surface area contributed by atoms with Gasteiger partial charge >= 0.3 is 0 Å². The summed E-state index contributed by atoms with van der Waals surface area (Å²) in [6.45, 7) is 3.90. The molecule has 0 aromatic carbocycles. The van der Waals surface area contributed by atoms with Crippen LogP contribution >= 0.6 is 0 Å². The predicted octanol–water partition coefficient (Wildman–Crippen LogP) is 1.53.